The van der Waals surface area contributed by atoms with Crippen molar-refractivity contribution in [2.24, 2.45) is 5.92 Å². The van der Waals surface area contributed by atoms with Crippen molar-refractivity contribution in [3.8, 4) is 5.75 Å². The Bertz CT molecular complexity index is 562. The average Bonchev–Trinajstić information content (AvgIpc) is 2.65. The Balaban J connectivity index is 2.26. The van der Waals surface area contributed by atoms with Gasteiger partial charge in [0.05, 0.1) is 12.1 Å². The molecule has 5 heteroatoms. The number of benzene rings is 1. The summed E-state index contributed by atoms with van der Waals surface area (Å²) in [6.45, 7) is 2.24. The molecule has 0 fully saturated rings. The van der Waals surface area contributed by atoms with Gasteiger partial charge in [-0.05, 0) is 18.6 Å². The van der Waals surface area contributed by atoms with Crippen molar-refractivity contribution in [3.63, 3.8) is 0 Å². The van der Waals surface area contributed by atoms with Crippen LogP contribution in [0.5, 0.6) is 5.75 Å². The molecule has 0 amide bonds. The minimum absolute atomic E-state index is 0.367. The maximum absolute atomic E-state index is 11.6. The van der Waals surface area contributed by atoms with Crippen LogP contribution < -0.4 is 10.1 Å². The van der Waals surface area contributed by atoms with Crippen molar-refractivity contribution in [2.75, 3.05) is 12.4 Å². The van der Waals surface area contributed by atoms with Gasteiger partial charge in [-0.3, -0.25) is 4.79 Å². The first-order valence-corrected chi connectivity index (χ1v) is 10.7. The Morgan fingerprint density at radius 1 is 1.07 bits per heavy atom. The lowest BCUT2D eigenvalue weighted by molar-refractivity contribution is -0.139. The summed E-state index contributed by atoms with van der Waals surface area (Å²) in [6.07, 6.45) is 12.9. The SMILES string of the molecule is CCCCCCCCCCCCC(C(=O)O)C(=S)Nc1cccc(OC)c1. The standard InChI is InChI=1S/C22H35NO3S/c1-3-4-5-6-7-8-9-10-11-12-16-20(22(24)25)21(27)23-18-14-13-15-19(17-18)26-2/h13-15,17,20H,3-12,16H2,1-2H3,(H,23,27)(H,24,25). The number of hydrogen-bond donors (Lipinski definition) is 2. The van der Waals surface area contributed by atoms with Gasteiger partial charge in [0.1, 0.15) is 11.7 Å². The van der Waals surface area contributed by atoms with E-state index in [1.165, 1.54) is 51.4 Å². The van der Waals surface area contributed by atoms with Gasteiger partial charge in [-0.1, -0.05) is 89.4 Å². The molecule has 0 saturated heterocycles. The molecule has 0 heterocycles. The number of ether oxygens (including phenoxy) is 1. The molecule has 1 rings (SSSR count). The van der Waals surface area contributed by atoms with Gasteiger partial charge >= 0.3 is 5.97 Å². The predicted molar refractivity (Wildman–Crippen MR) is 117 cm³/mol. The van der Waals surface area contributed by atoms with Gasteiger partial charge in [-0.25, -0.2) is 0 Å². The number of carboxylic acids is 1. The molecule has 0 spiro atoms. The van der Waals surface area contributed by atoms with E-state index < -0.39 is 11.9 Å². The molecule has 2 N–H and O–H groups in total. The molecule has 0 radical (unpaired) electrons. The van der Waals surface area contributed by atoms with Crippen LogP contribution in [-0.2, 0) is 4.79 Å². The fourth-order valence-corrected chi connectivity index (χ4v) is 3.47. The zero-order valence-electron chi connectivity index (χ0n) is 16.8. The van der Waals surface area contributed by atoms with Gasteiger partial charge in [0.2, 0.25) is 0 Å². The molecular weight excluding hydrogens is 358 g/mol. The quantitative estimate of drug-likeness (QED) is 0.265. The average molecular weight is 394 g/mol. The number of anilines is 1. The van der Waals surface area contributed by atoms with Gasteiger partial charge in [-0.15, -0.1) is 0 Å². The first-order chi connectivity index (χ1) is 13.1. The van der Waals surface area contributed by atoms with Gasteiger partial charge in [0.15, 0.2) is 0 Å². The second-order valence-electron chi connectivity index (χ2n) is 7.08. The summed E-state index contributed by atoms with van der Waals surface area (Å²) < 4.78 is 5.18. The van der Waals surface area contributed by atoms with Crippen LogP contribution in [0.15, 0.2) is 24.3 Å². The molecule has 27 heavy (non-hydrogen) atoms. The minimum Gasteiger partial charge on any atom is -0.497 e. The van der Waals surface area contributed by atoms with Crippen molar-refractivity contribution in [2.45, 2.75) is 77.6 Å². The van der Waals surface area contributed by atoms with Crippen LogP contribution in [0.4, 0.5) is 5.69 Å². The molecule has 0 aliphatic heterocycles. The first kappa shape index (κ1) is 23.4. The van der Waals surface area contributed by atoms with E-state index in [0.29, 0.717) is 17.2 Å². The molecule has 0 saturated carbocycles. The van der Waals surface area contributed by atoms with E-state index in [2.05, 4.69) is 12.2 Å². The van der Waals surface area contributed by atoms with Gasteiger partial charge in [0, 0.05) is 11.8 Å². The Morgan fingerprint density at radius 3 is 2.22 bits per heavy atom. The fourth-order valence-electron chi connectivity index (χ4n) is 3.13. The molecule has 1 atom stereocenters. The summed E-state index contributed by atoms with van der Waals surface area (Å²) >= 11 is 5.35. The number of carbonyl (C=O) groups is 1. The predicted octanol–water partition coefficient (Wildman–Crippen LogP) is 6.45. The van der Waals surface area contributed by atoms with Crippen LogP contribution in [0.25, 0.3) is 0 Å². The highest BCUT2D eigenvalue weighted by Gasteiger charge is 2.22. The maximum Gasteiger partial charge on any atom is 0.313 e. The zero-order chi connectivity index (χ0) is 19.9. The van der Waals surface area contributed by atoms with E-state index in [0.717, 1.165) is 18.5 Å². The summed E-state index contributed by atoms with van der Waals surface area (Å²) in [7, 11) is 1.60. The second kappa shape index (κ2) is 14.4. The summed E-state index contributed by atoms with van der Waals surface area (Å²) in [6, 6.07) is 7.36. The molecule has 1 aromatic rings. The minimum atomic E-state index is -0.855. The Morgan fingerprint density at radius 2 is 1.67 bits per heavy atom. The Kier molecular flexibility index (Phi) is 12.5. The largest absolute Gasteiger partial charge is 0.497 e. The summed E-state index contributed by atoms with van der Waals surface area (Å²) in [5.74, 6) is -0.782. The third-order valence-corrected chi connectivity index (χ3v) is 5.18. The van der Waals surface area contributed by atoms with E-state index in [9.17, 15) is 9.90 Å². The number of carboxylic acid groups (broad SMARTS) is 1. The van der Waals surface area contributed by atoms with E-state index >= 15 is 0 Å². The highest BCUT2D eigenvalue weighted by Crippen LogP contribution is 2.20. The molecule has 4 nitrogen and oxygen atoms in total. The molecule has 1 aromatic carbocycles. The van der Waals surface area contributed by atoms with Crippen LogP contribution in [-0.4, -0.2) is 23.2 Å². The Hall–Kier alpha value is -1.62. The molecule has 1 unspecified atom stereocenters. The third-order valence-electron chi connectivity index (χ3n) is 4.80. The van der Waals surface area contributed by atoms with Crippen molar-refractivity contribution < 1.29 is 14.6 Å². The van der Waals surface area contributed by atoms with Gasteiger partial charge in [-0.2, -0.15) is 0 Å². The highest BCUT2D eigenvalue weighted by molar-refractivity contribution is 7.80. The molecule has 152 valence electrons. The van der Waals surface area contributed by atoms with Gasteiger partial charge in [0.25, 0.3) is 0 Å². The van der Waals surface area contributed by atoms with Crippen molar-refractivity contribution in [1.29, 1.82) is 0 Å². The number of hydrogen-bond acceptors (Lipinski definition) is 3. The third kappa shape index (κ3) is 10.3. The second-order valence-corrected chi connectivity index (χ2v) is 7.52. The fraction of sp³-hybridized carbons (Fsp3) is 0.636. The number of unbranched alkanes of at least 4 members (excludes halogenated alkanes) is 9. The summed E-state index contributed by atoms with van der Waals surface area (Å²) in [5, 5.41) is 12.6. The normalized spacial score (nSPS) is 11.8. The van der Waals surface area contributed by atoms with Crippen LogP contribution in [0.1, 0.15) is 77.6 Å². The summed E-state index contributed by atoms with van der Waals surface area (Å²) in [4.78, 5) is 12.0. The van der Waals surface area contributed by atoms with Crippen molar-refractivity contribution in [3.05, 3.63) is 24.3 Å². The molecular formula is C22H35NO3S. The van der Waals surface area contributed by atoms with E-state index in [1.54, 1.807) is 7.11 Å². The molecule has 0 aromatic heterocycles. The lowest BCUT2D eigenvalue weighted by atomic mass is 9.99. The van der Waals surface area contributed by atoms with Crippen LogP contribution in [0, 0.1) is 5.92 Å². The smallest absolute Gasteiger partial charge is 0.313 e. The zero-order valence-corrected chi connectivity index (χ0v) is 17.7. The molecule has 0 aliphatic carbocycles. The van der Waals surface area contributed by atoms with Crippen LogP contribution in [0.2, 0.25) is 0 Å². The number of nitrogens with one attached hydrogen (secondary N) is 1. The molecule has 0 bridgehead atoms. The topological polar surface area (TPSA) is 58.6 Å². The molecule has 0 aliphatic rings. The van der Waals surface area contributed by atoms with E-state index in [-0.39, 0.29) is 0 Å². The Labute approximate surface area is 169 Å². The lowest BCUT2D eigenvalue weighted by Crippen LogP contribution is -2.28. The summed E-state index contributed by atoms with van der Waals surface area (Å²) in [5.41, 5.74) is 0.758. The lowest BCUT2D eigenvalue weighted by Gasteiger charge is -2.16. The number of aliphatic carboxylic acids is 1. The van der Waals surface area contributed by atoms with Crippen molar-refractivity contribution in [1.82, 2.24) is 0 Å². The van der Waals surface area contributed by atoms with E-state index in [1.807, 2.05) is 24.3 Å². The monoisotopic (exact) mass is 393 g/mol. The van der Waals surface area contributed by atoms with Gasteiger partial charge < -0.3 is 15.2 Å². The number of methoxy groups -OCH3 is 1. The highest BCUT2D eigenvalue weighted by atomic mass is 32.1. The number of thiocarbonyl (C=S) groups is 1. The van der Waals surface area contributed by atoms with E-state index in [4.69, 9.17) is 17.0 Å². The maximum atomic E-state index is 11.6. The van der Waals surface area contributed by atoms with Crippen molar-refractivity contribution >= 4 is 28.9 Å². The first-order valence-electron chi connectivity index (χ1n) is 10.3. The number of rotatable bonds is 15. The van der Waals surface area contributed by atoms with Crippen LogP contribution in [0.3, 0.4) is 0 Å². The van der Waals surface area contributed by atoms with Crippen LogP contribution >= 0.6 is 12.2 Å².